The van der Waals surface area contributed by atoms with Gasteiger partial charge in [0.25, 0.3) is 11.9 Å². The molecule has 2 bridgehead atoms. The normalized spacial score (nSPS) is 28.6. The summed E-state index contributed by atoms with van der Waals surface area (Å²) in [4.78, 5) is 32.0. The van der Waals surface area contributed by atoms with Gasteiger partial charge in [0.15, 0.2) is 5.76 Å². The van der Waals surface area contributed by atoms with Gasteiger partial charge >= 0.3 is 0 Å². The summed E-state index contributed by atoms with van der Waals surface area (Å²) in [6.07, 6.45) is 7.04. The number of anilines is 1. The van der Waals surface area contributed by atoms with E-state index in [-0.39, 0.29) is 17.6 Å². The Labute approximate surface area is 178 Å². The molecule has 3 saturated heterocycles. The van der Waals surface area contributed by atoms with Crippen LogP contribution in [0.2, 0.25) is 5.02 Å². The van der Waals surface area contributed by atoms with Crippen LogP contribution in [0.3, 0.4) is 0 Å². The average molecular weight is 435 g/mol. The van der Waals surface area contributed by atoms with E-state index < -0.39 is 5.97 Å². The molecule has 160 valence electrons. The molecule has 1 spiro atoms. The molecule has 0 aromatic carbocycles. The number of carbonyl (C=O) groups excluding carboxylic acids is 1. The molecule has 3 fully saturated rings. The highest BCUT2D eigenvalue weighted by Gasteiger charge is 2.63. The van der Waals surface area contributed by atoms with E-state index in [1.807, 2.05) is 0 Å². The quantitative estimate of drug-likeness (QED) is 0.752. The first-order valence-corrected chi connectivity index (χ1v) is 10.2. The average Bonchev–Trinajstić information content (AvgIpc) is 3.47. The molecular formula is C20H23ClN4O5. The SMILES string of the molecule is CC(=O)O.O=C(NC[C@H]1[C@H]2CN(c3ncc(Cl)cn3)C[C@]23CC[C@H]1O3)c1ccco1. The molecule has 0 radical (unpaired) electrons. The van der Waals surface area contributed by atoms with Crippen molar-refractivity contribution in [3.8, 4) is 0 Å². The summed E-state index contributed by atoms with van der Waals surface area (Å²) in [5.41, 5.74) is -0.145. The minimum Gasteiger partial charge on any atom is -0.481 e. The van der Waals surface area contributed by atoms with Gasteiger partial charge in [-0.15, -0.1) is 0 Å². The van der Waals surface area contributed by atoms with Crippen LogP contribution < -0.4 is 10.2 Å². The van der Waals surface area contributed by atoms with E-state index in [2.05, 4.69) is 20.2 Å². The molecule has 2 aromatic heterocycles. The molecule has 2 aromatic rings. The molecular weight excluding hydrogens is 412 g/mol. The van der Waals surface area contributed by atoms with Crippen LogP contribution in [0.15, 0.2) is 35.2 Å². The number of rotatable bonds is 4. The molecule has 0 unspecified atom stereocenters. The van der Waals surface area contributed by atoms with Crippen molar-refractivity contribution in [3.05, 3.63) is 41.6 Å². The number of carboxylic acid groups (broad SMARTS) is 1. The predicted molar refractivity (Wildman–Crippen MR) is 107 cm³/mol. The maximum absolute atomic E-state index is 12.2. The van der Waals surface area contributed by atoms with Crippen molar-refractivity contribution in [2.24, 2.45) is 11.8 Å². The summed E-state index contributed by atoms with van der Waals surface area (Å²) in [6.45, 7) is 3.30. The van der Waals surface area contributed by atoms with Crippen LogP contribution in [0.25, 0.3) is 0 Å². The number of amides is 1. The Kier molecular flexibility index (Phi) is 5.66. The van der Waals surface area contributed by atoms with E-state index in [0.29, 0.717) is 35.1 Å². The lowest BCUT2D eigenvalue weighted by Gasteiger charge is -2.29. The van der Waals surface area contributed by atoms with Crippen LogP contribution in [0.4, 0.5) is 5.95 Å². The van der Waals surface area contributed by atoms with E-state index in [9.17, 15) is 4.79 Å². The van der Waals surface area contributed by atoms with Crippen LogP contribution in [0.1, 0.15) is 30.3 Å². The molecule has 3 aliphatic rings. The van der Waals surface area contributed by atoms with Crippen LogP contribution in [0, 0.1) is 11.8 Å². The summed E-state index contributed by atoms with van der Waals surface area (Å²) in [7, 11) is 0. The standard InChI is InChI=1S/C18H19ClN4O3.C2H4O2/c19-11-6-21-17(22-7-11)23-9-13-12(14-3-4-18(13,10-23)26-14)8-20-16(24)15-2-1-5-25-15;1-2(3)4/h1-2,5-7,12-14H,3-4,8-10H2,(H,20,24);1H3,(H,3,4)/t12-,13+,14+,18+;/m0./s1. The Bertz CT molecular complexity index is 902. The highest BCUT2D eigenvalue weighted by Crippen LogP contribution is 2.54. The van der Waals surface area contributed by atoms with Gasteiger partial charge in [-0.3, -0.25) is 9.59 Å². The Morgan fingerprint density at radius 1 is 1.40 bits per heavy atom. The fraction of sp³-hybridized carbons (Fsp3) is 0.500. The van der Waals surface area contributed by atoms with Crippen LogP contribution in [-0.2, 0) is 9.53 Å². The molecule has 9 nitrogen and oxygen atoms in total. The highest BCUT2D eigenvalue weighted by atomic mass is 35.5. The number of nitrogens with one attached hydrogen (secondary N) is 1. The minimum atomic E-state index is -0.833. The van der Waals surface area contributed by atoms with E-state index >= 15 is 0 Å². The van der Waals surface area contributed by atoms with Gasteiger partial charge in [0.2, 0.25) is 5.95 Å². The van der Waals surface area contributed by atoms with Gasteiger partial charge in [0.1, 0.15) is 0 Å². The molecule has 0 aliphatic carbocycles. The third kappa shape index (κ3) is 3.99. The number of fused-ring (bicyclic) bond motifs is 1. The van der Waals surface area contributed by atoms with Gasteiger partial charge in [-0.25, -0.2) is 9.97 Å². The van der Waals surface area contributed by atoms with Crippen molar-refractivity contribution in [2.45, 2.75) is 31.5 Å². The van der Waals surface area contributed by atoms with Gasteiger partial charge < -0.3 is 24.5 Å². The zero-order valence-corrected chi connectivity index (χ0v) is 17.2. The maximum Gasteiger partial charge on any atom is 0.300 e. The summed E-state index contributed by atoms with van der Waals surface area (Å²) in [5.74, 6) is 0.662. The lowest BCUT2D eigenvalue weighted by molar-refractivity contribution is -0.134. The first-order valence-electron chi connectivity index (χ1n) is 9.79. The molecule has 30 heavy (non-hydrogen) atoms. The molecule has 10 heteroatoms. The van der Waals surface area contributed by atoms with Crippen molar-refractivity contribution in [2.75, 3.05) is 24.5 Å². The molecule has 1 amide bonds. The van der Waals surface area contributed by atoms with Crippen molar-refractivity contribution >= 4 is 29.4 Å². The van der Waals surface area contributed by atoms with Gasteiger partial charge in [-0.05, 0) is 25.0 Å². The molecule has 5 rings (SSSR count). The zero-order chi connectivity index (χ0) is 21.3. The molecule has 2 N–H and O–H groups in total. The van der Waals surface area contributed by atoms with Gasteiger partial charge in [-0.2, -0.15) is 0 Å². The van der Waals surface area contributed by atoms with E-state index in [4.69, 9.17) is 30.7 Å². The zero-order valence-electron chi connectivity index (χ0n) is 16.5. The summed E-state index contributed by atoms with van der Waals surface area (Å²) in [5, 5.41) is 10.9. The van der Waals surface area contributed by atoms with E-state index in [1.54, 1.807) is 24.5 Å². The summed E-state index contributed by atoms with van der Waals surface area (Å²) < 4.78 is 11.6. The number of hydrogen-bond donors (Lipinski definition) is 2. The van der Waals surface area contributed by atoms with E-state index in [1.165, 1.54) is 6.26 Å². The van der Waals surface area contributed by atoms with Gasteiger partial charge in [0.05, 0.1) is 41.9 Å². The third-order valence-electron chi connectivity index (χ3n) is 5.92. The number of nitrogens with zero attached hydrogens (tertiary/aromatic N) is 3. The summed E-state index contributed by atoms with van der Waals surface area (Å²) in [6, 6.07) is 3.38. The number of hydrogen-bond acceptors (Lipinski definition) is 7. The lowest BCUT2D eigenvalue weighted by Crippen LogP contribution is -2.41. The van der Waals surface area contributed by atoms with Crippen molar-refractivity contribution in [3.63, 3.8) is 0 Å². The smallest absolute Gasteiger partial charge is 0.300 e. The number of furan rings is 1. The number of carbonyl (C=O) groups is 2. The number of ether oxygens (including phenoxy) is 1. The summed E-state index contributed by atoms with van der Waals surface area (Å²) >= 11 is 5.90. The molecule has 0 saturated carbocycles. The largest absolute Gasteiger partial charge is 0.481 e. The Balaban J connectivity index is 0.000000503. The topological polar surface area (TPSA) is 118 Å². The van der Waals surface area contributed by atoms with Crippen molar-refractivity contribution < 1.29 is 23.8 Å². The fourth-order valence-electron chi connectivity index (χ4n) is 4.79. The van der Waals surface area contributed by atoms with Crippen LogP contribution >= 0.6 is 11.6 Å². The van der Waals surface area contributed by atoms with Crippen LogP contribution in [0.5, 0.6) is 0 Å². The predicted octanol–water partition coefficient (Wildman–Crippen LogP) is 2.23. The first kappa shape index (κ1) is 20.6. The highest BCUT2D eigenvalue weighted by molar-refractivity contribution is 6.30. The molecule has 4 atom stereocenters. The number of aromatic nitrogens is 2. The van der Waals surface area contributed by atoms with Crippen molar-refractivity contribution in [1.82, 2.24) is 15.3 Å². The monoisotopic (exact) mass is 434 g/mol. The third-order valence-corrected chi connectivity index (χ3v) is 6.11. The van der Waals surface area contributed by atoms with E-state index in [0.717, 1.165) is 32.9 Å². The van der Waals surface area contributed by atoms with Crippen LogP contribution in [-0.4, -0.2) is 58.3 Å². The number of halogens is 1. The minimum absolute atomic E-state index is 0.145. The second-order valence-corrected chi connectivity index (χ2v) is 8.25. The van der Waals surface area contributed by atoms with Gasteiger partial charge in [-0.1, -0.05) is 11.6 Å². The Morgan fingerprint density at radius 3 is 2.80 bits per heavy atom. The fourth-order valence-corrected chi connectivity index (χ4v) is 4.89. The number of aliphatic carboxylic acids is 1. The lowest BCUT2D eigenvalue weighted by atomic mass is 9.73. The van der Waals surface area contributed by atoms with Gasteiger partial charge in [0, 0.05) is 31.8 Å². The Hall–Kier alpha value is -2.65. The maximum atomic E-state index is 12.2. The molecule has 5 heterocycles. The van der Waals surface area contributed by atoms with Crippen molar-refractivity contribution in [1.29, 1.82) is 0 Å². The molecule has 3 aliphatic heterocycles. The number of carboxylic acids is 1. The Morgan fingerprint density at radius 2 is 2.13 bits per heavy atom. The second kappa shape index (κ2) is 8.23. The first-order chi connectivity index (χ1) is 14.4. The second-order valence-electron chi connectivity index (χ2n) is 7.82.